The third-order valence-corrected chi connectivity index (χ3v) is 6.99. The lowest BCUT2D eigenvalue weighted by Crippen LogP contribution is -2.49. The van der Waals surface area contributed by atoms with E-state index in [9.17, 15) is 0 Å². The molecule has 2 heteroatoms. The average Bonchev–Trinajstić information content (AvgIpc) is 2.70. The van der Waals surface area contributed by atoms with Crippen molar-refractivity contribution in [3.8, 4) is 0 Å². The van der Waals surface area contributed by atoms with Crippen molar-refractivity contribution in [3.05, 3.63) is 0 Å². The van der Waals surface area contributed by atoms with Crippen molar-refractivity contribution in [3.63, 3.8) is 0 Å². The minimum Gasteiger partial charge on any atom is -0.326 e. The molecule has 0 aliphatic carbocycles. The fraction of sp³-hybridized carbons (Fsp3) is 1.00. The highest BCUT2D eigenvalue weighted by Gasteiger charge is 2.19. The fourth-order valence-corrected chi connectivity index (χ4v) is 4.48. The summed E-state index contributed by atoms with van der Waals surface area (Å²) in [5, 5.41) is 0. The third kappa shape index (κ3) is 26.1. The highest BCUT2D eigenvalue weighted by molar-refractivity contribution is 4.51. The van der Waals surface area contributed by atoms with Crippen molar-refractivity contribution in [1.82, 2.24) is 0 Å². The van der Waals surface area contributed by atoms with Crippen LogP contribution in [-0.4, -0.2) is 63.8 Å². The maximum absolute atomic E-state index is 2.41. The maximum Gasteiger partial charge on any atom is 0.128 e. The quantitative estimate of drug-likeness (QED) is 0.104. The van der Waals surface area contributed by atoms with E-state index in [1.807, 2.05) is 0 Å². The Labute approximate surface area is 199 Å². The third-order valence-electron chi connectivity index (χ3n) is 6.99. The molecule has 188 valence electrons. The monoisotopic (exact) mass is 441 g/mol. The lowest BCUT2D eigenvalue weighted by molar-refractivity contribution is -0.937. The van der Waals surface area contributed by atoms with Gasteiger partial charge >= 0.3 is 0 Å². The molecule has 0 saturated heterocycles. The smallest absolute Gasteiger partial charge is 0.128 e. The molecule has 31 heavy (non-hydrogen) atoms. The number of likely N-dealkylation sites (N-methyl/N-ethyl adjacent to an activating group) is 2. The molecule has 0 aliphatic heterocycles. The van der Waals surface area contributed by atoms with Crippen molar-refractivity contribution < 1.29 is 8.97 Å². The Kier molecular flexibility index (Phi) is 20.5. The number of rotatable bonds is 24. The van der Waals surface area contributed by atoms with Gasteiger partial charge in [-0.25, -0.2) is 0 Å². The molecule has 0 amide bonds. The normalized spacial score (nSPS) is 12.6. The van der Waals surface area contributed by atoms with Crippen molar-refractivity contribution >= 4 is 0 Å². The average molecular weight is 441 g/mol. The van der Waals surface area contributed by atoms with Crippen LogP contribution in [0.15, 0.2) is 0 Å². The summed E-state index contributed by atoms with van der Waals surface area (Å²) >= 11 is 0. The Morgan fingerprint density at radius 1 is 0.323 bits per heavy atom. The molecule has 0 fully saturated rings. The molecule has 0 saturated carbocycles. The zero-order valence-electron chi connectivity index (χ0n) is 23.2. The van der Waals surface area contributed by atoms with Crippen LogP contribution in [0.25, 0.3) is 0 Å². The predicted octanol–water partition coefficient (Wildman–Crippen LogP) is 8.59. The summed E-state index contributed by atoms with van der Waals surface area (Å²) in [6, 6.07) is 0. The predicted molar refractivity (Wildman–Crippen MR) is 143 cm³/mol. The van der Waals surface area contributed by atoms with Gasteiger partial charge in [0.05, 0.1) is 41.8 Å². The van der Waals surface area contributed by atoms with Crippen LogP contribution in [0.2, 0.25) is 0 Å². The summed E-state index contributed by atoms with van der Waals surface area (Å²) in [5.74, 6) is 0. The molecule has 0 aromatic rings. The van der Waals surface area contributed by atoms with Crippen molar-refractivity contribution in [2.45, 2.75) is 135 Å². The molecule has 2 nitrogen and oxygen atoms in total. The van der Waals surface area contributed by atoms with Gasteiger partial charge in [-0.05, 0) is 12.8 Å². The van der Waals surface area contributed by atoms with E-state index >= 15 is 0 Å². The molecule has 0 spiro atoms. The van der Waals surface area contributed by atoms with Gasteiger partial charge in [-0.1, -0.05) is 122 Å². The van der Waals surface area contributed by atoms with Crippen LogP contribution < -0.4 is 0 Å². The molecular weight excluding hydrogens is 376 g/mol. The summed E-state index contributed by atoms with van der Waals surface area (Å²) in [6.07, 6.45) is 29.3. The second-order valence-corrected chi connectivity index (χ2v) is 12.1. The Morgan fingerprint density at radius 3 is 0.903 bits per heavy atom. The second-order valence-electron chi connectivity index (χ2n) is 12.1. The van der Waals surface area contributed by atoms with Crippen LogP contribution in [0.5, 0.6) is 0 Å². The largest absolute Gasteiger partial charge is 0.326 e. The van der Waals surface area contributed by atoms with Crippen molar-refractivity contribution in [2.75, 3.05) is 54.9 Å². The van der Waals surface area contributed by atoms with Crippen molar-refractivity contribution in [1.29, 1.82) is 0 Å². The molecule has 0 heterocycles. The highest BCUT2D eigenvalue weighted by Crippen LogP contribution is 2.15. The van der Waals surface area contributed by atoms with Gasteiger partial charge in [0, 0.05) is 0 Å². The molecular formula is C29H64N2+2. The first-order valence-corrected chi connectivity index (χ1v) is 14.4. The number of hydrogen-bond donors (Lipinski definition) is 0. The van der Waals surface area contributed by atoms with Gasteiger partial charge in [0.2, 0.25) is 0 Å². The van der Waals surface area contributed by atoms with Gasteiger partial charge in [0.25, 0.3) is 0 Å². The van der Waals surface area contributed by atoms with Crippen LogP contribution >= 0.6 is 0 Å². The SMILES string of the molecule is CCCCCCCCCCCCCCCCCCCCCC[N+](C)(C)CC[N+](C)(C)C. The Hall–Kier alpha value is -0.0800. The molecule has 0 aromatic carbocycles. The van der Waals surface area contributed by atoms with E-state index in [1.54, 1.807) is 0 Å². The van der Waals surface area contributed by atoms with Crippen LogP contribution in [0.4, 0.5) is 0 Å². The van der Waals surface area contributed by atoms with Crippen LogP contribution in [-0.2, 0) is 0 Å². The number of unbranched alkanes of at least 4 members (excludes halogenated alkanes) is 19. The van der Waals surface area contributed by atoms with Crippen molar-refractivity contribution in [2.24, 2.45) is 0 Å². The van der Waals surface area contributed by atoms with Gasteiger partial charge in [-0.3, -0.25) is 0 Å². The summed E-state index contributed by atoms with van der Waals surface area (Å²) in [6.45, 7) is 6.21. The lowest BCUT2D eigenvalue weighted by Gasteiger charge is -2.33. The lowest BCUT2D eigenvalue weighted by atomic mass is 10.0. The van der Waals surface area contributed by atoms with Crippen LogP contribution in [0, 0.1) is 0 Å². The maximum atomic E-state index is 2.41. The van der Waals surface area contributed by atoms with E-state index < -0.39 is 0 Å². The van der Waals surface area contributed by atoms with E-state index in [0.29, 0.717) is 0 Å². The molecule has 0 bridgehead atoms. The van der Waals surface area contributed by atoms with Gasteiger partial charge in [0.1, 0.15) is 13.1 Å². The Morgan fingerprint density at radius 2 is 0.613 bits per heavy atom. The van der Waals surface area contributed by atoms with E-state index in [2.05, 4.69) is 42.2 Å². The molecule has 0 atom stereocenters. The van der Waals surface area contributed by atoms with Crippen LogP contribution in [0.1, 0.15) is 135 Å². The topological polar surface area (TPSA) is 0 Å². The summed E-state index contributed by atoms with van der Waals surface area (Å²) < 4.78 is 2.27. The van der Waals surface area contributed by atoms with Gasteiger partial charge in [0.15, 0.2) is 0 Å². The van der Waals surface area contributed by atoms with Crippen LogP contribution in [0.3, 0.4) is 0 Å². The summed E-state index contributed by atoms with van der Waals surface area (Å²) in [5.41, 5.74) is 0. The molecule has 0 aromatic heterocycles. The molecule has 0 aliphatic rings. The first kappa shape index (κ1) is 30.9. The highest BCUT2D eigenvalue weighted by atomic mass is 15.4. The number of hydrogen-bond acceptors (Lipinski definition) is 0. The van der Waals surface area contributed by atoms with Gasteiger partial charge in [-0.2, -0.15) is 0 Å². The minimum atomic E-state index is 1.08. The van der Waals surface area contributed by atoms with Gasteiger partial charge < -0.3 is 8.97 Å². The Balaban J connectivity index is 3.22. The van der Waals surface area contributed by atoms with E-state index in [-0.39, 0.29) is 0 Å². The standard InChI is InChI=1S/C29H64N2/c1-7-8-9-10-11-12-13-14-15-16-17-18-19-20-21-22-23-24-25-26-27-31(5,6)29-28-30(2,3)4/h7-29H2,1-6H3/q+2. The second kappa shape index (κ2) is 20.5. The Bertz CT molecular complexity index is 356. The zero-order valence-corrected chi connectivity index (χ0v) is 23.2. The number of nitrogens with zero attached hydrogens (tertiary/aromatic N) is 2. The molecule has 0 rings (SSSR count). The zero-order chi connectivity index (χ0) is 23.3. The summed E-state index contributed by atoms with van der Waals surface area (Å²) in [7, 11) is 11.7. The minimum absolute atomic E-state index is 1.08. The molecule has 0 radical (unpaired) electrons. The van der Waals surface area contributed by atoms with E-state index in [1.165, 1.54) is 153 Å². The number of quaternary nitrogens is 2. The molecule has 0 N–H and O–H groups in total. The molecule has 0 unspecified atom stereocenters. The van der Waals surface area contributed by atoms with E-state index in [4.69, 9.17) is 0 Å². The fourth-order valence-electron chi connectivity index (χ4n) is 4.48. The summed E-state index contributed by atoms with van der Waals surface area (Å²) in [4.78, 5) is 0. The van der Waals surface area contributed by atoms with Gasteiger partial charge in [-0.15, -0.1) is 0 Å². The first-order valence-electron chi connectivity index (χ1n) is 14.4. The first-order chi connectivity index (χ1) is 14.8. The van der Waals surface area contributed by atoms with E-state index in [0.717, 1.165) is 4.48 Å².